The van der Waals surface area contributed by atoms with Crippen LogP contribution in [-0.2, 0) is 20.6 Å². The minimum atomic E-state index is 0. The van der Waals surface area contributed by atoms with E-state index in [2.05, 4.69) is 73.9 Å². The number of azo groups is 1. The molecule has 0 saturated heterocycles. The molecule has 7 nitrogen and oxygen atoms in total. The van der Waals surface area contributed by atoms with E-state index in [4.69, 9.17) is 0 Å². The molecule has 8 heteroatoms. The van der Waals surface area contributed by atoms with Gasteiger partial charge in [-0.15, -0.1) is 10.2 Å². The maximum atomic E-state index is 4.35. The second-order valence-electron chi connectivity index (χ2n) is 6.41. The first kappa shape index (κ1) is 20.8. The number of aromatic nitrogens is 4. The highest BCUT2D eigenvalue weighted by Crippen LogP contribution is 2.26. The molecule has 0 amide bonds. The molecule has 0 spiro atoms. The molecule has 0 aliphatic carbocycles. The average molecular weight is 432 g/mol. The van der Waals surface area contributed by atoms with Gasteiger partial charge in [0.1, 0.15) is 18.9 Å². The molecular weight excluding hydrogens is 406 g/mol. The quantitative estimate of drug-likeness (QED) is 0.399. The Morgan fingerprint density at radius 3 is 2.63 bits per heavy atom. The van der Waals surface area contributed by atoms with Crippen molar-refractivity contribution in [3.05, 3.63) is 54.9 Å². The number of halogens is 1. The zero-order chi connectivity index (χ0) is 18.5. The normalized spacial score (nSPS) is 11.0. The smallest absolute Gasteiger partial charge is 0.249 e. The second-order valence-corrected chi connectivity index (χ2v) is 6.41. The summed E-state index contributed by atoms with van der Waals surface area (Å²) in [6, 6.07) is 6.31. The summed E-state index contributed by atoms with van der Waals surface area (Å²) in [5.74, 6) is 0.601. The predicted molar refractivity (Wildman–Crippen MR) is 102 cm³/mol. The predicted octanol–water partition coefficient (Wildman–Crippen LogP) is 0.300. The Morgan fingerprint density at radius 2 is 2.04 bits per heavy atom. The highest BCUT2D eigenvalue weighted by Gasteiger charge is 2.09. The van der Waals surface area contributed by atoms with E-state index in [1.54, 1.807) is 6.20 Å². The van der Waals surface area contributed by atoms with Crippen LogP contribution in [0.25, 0.3) is 0 Å². The molecule has 0 unspecified atom stereocenters. The van der Waals surface area contributed by atoms with Crippen LogP contribution in [0.1, 0.15) is 12.5 Å². The summed E-state index contributed by atoms with van der Waals surface area (Å²) in [6.45, 7) is 7.11. The second kappa shape index (κ2) is 9.45. The monoisotopic (exact) mass is 431 g/mol. The summed E-state index contributed by atoms with van der Waals surface area (Å²) in [7, 11) is 3.94. The van der Waals surface area contributed by atoms with Crippen molar-refractivity contribution >= 4 is 17.3 Å². The fraction of sp³-hybridized carbons (Fsp3) is 0.368. The standard InChI is InChI=1S/C19H26N7.BrH/c1-5-26(13-12-25-11-10-23(3)15-25)17-6-7-18(16(2)14-17)21-22-19-20-8-9-24(19)4;/h6-11,14-15H,5,12-13H2,1-4H3;1H/q+1;/p-1. The van der Waals surface area contributed by atoms with Gasteiger partial charge >= 0.3 is 0 Å². The van der Waals surface area contributed by atoms with Crippen LogP contribution in [0.2, 0.25) is 0 Å². The van der Waals surface area contributed by atoms with Gasteiger partial charge in [0.05, 0.1) is 19.3 Å². The number of hydrogen-bond acceptors (Lipinski definition) is 4. The zero-order valence-corrected chi connectivity index (χ0v) is 17.8. The fourth-order valence-corrected chi connectivity index (χ4v) is 2.84. The molecule has 0 aliphatic rings. The van der Waals surface area contributed by atoms with Gasteiger partial charge in [0.15, 0.2) is 0 Å². The minimum Gasteiger partial charge on any atom is -1.00 e. The Bertz CT molecular complexity index is 897. The molecule has 144 valence electrons. The van der Waals surface area contributed by atoms with Crippen LogP contribution in [0.4, 0.5) is 17.3 Å². The Balaban J connectivity index is 0.00000261. The molecule has 1 aromatic carbocycles. The Labute approximate surface area is 170 Å². The van der Waals surface area contributed by atoms with Crippen molar-refractivity contribution in [1.82, 2.24) is 14.1 Å². The van der Waals surface area contributed by atoms with Crippen LogP contribution in [0.15, 0.2) is 59.5 Å². The van der Waals surface area contributed by atoms with Gasteiger partial charge in [-0.1, -0.05) is 0 Å². The number of rotatable bonds is 7. The molecule has 2 aromatic heterocycles. The van der Waals surface area contributed by atoms with Crippen molar-refractivity contribution in [2.75, 3.05) is 18.0 Å². The number of aryl methyl sites for hydroxylation is 3. The number of anilines is 1. The molecule has 0 radical (unpaired) electrons. The number of benzene rings is 1. The first-order valence-electron chi connectivity index (χ1n) is 8.82. The van der Waals surface area contributed by atoms with Gasteiger partial charge in [-0.25, -0.2) is 14.1 Å². The van der Waals surface area contributed by atoms with Gasteiger partial charge < -0.3 is 26.4 Å². The van der Waals surface area contributed by atoms with E-state index in [0.29, 0.717) is 5.95 Å². The van der Waals surface area contributed by atoms with Gasteiger partial charge in [-0.3, -0.25) is 0 Å². The molecule has 3 rings (SSSR count). The van der Waals surface area contributed by atoms with Gasteiger partial charge in [0, 0.05) is 31.7 Å². The van der Waals surface area contributed by atoms with E-state index < -0.39 is 0 Å². The first-order chi connectivity index (χ1) is 12.6. The Hall–Kier alpha value is -2.48. The molecular formula is C19H26BrN7. The topological polar surface area (TPSA) is 54.6 Å². The molecule has 0 saturated carbocycles. The molecule has 0 fully saturated rings. The van der Waals surface area contributed by atoms with Crippen molar-refractivity contribution in [1.29, 1.82) is 0 Å². The van der Waals surface area contributed by atoms with Crippen LogP contribution in [0.5, 0.6) is 0 Å². The molecule has 0 atom stereocenters. The Kier molecular flexibility index (Phi) is 7.29. The third-order valence-corrected chi connectivity index (χ3v) is 4.42. The highest BCUT2D eigenvalue weighted by molar-refractivity contribution is 5.57. The van der Waals surface area contributed by atoms with Gasteiger partial charge in [0.25, 0.3) is 0 Å². The molecule has 3 aromatic rings. The van der Waals surface area contributed by atoms with E-state index in [9.17, 15) is 0 Å². The van der Waals surface area contributed by atoms with Crippen molar-refractivity contribution in [2.24, 2.45) is 24.3 Å². The van der Waals surface area contributed by atoms with E-state index in [-0.39, 0.29) is 17.0 Å². The highest BCUT2D eigenvalue weighted by atomic mass is 79.9. The number of hydrogen-bond donors (Lipinski definition) is 0. The van der Waals surface area contributed by atoms with Crippen LogP contribution >= 0.6 is 0 Å². The lowest BCUT2D eigenvalue weighted by Crippen LogP contribution is -3.00. The van der Waals surface area contributed by atoms with Crippen molar-refractivity contribution in [2.45, 2.75) is 20.4 Å². The summed E-state index contributed by atoms with van der Waals surface area (Å²) in [5, 5.41) is 8.58. The van der Waals surface area contributed by atoms with Crippen molar-refractivity contribution in [3.63, 3.8) is 0 Å². The minimum absolute atomic E-state index is 0. The maximum absolute atomic E-state index is 4.35. The van der Waals surface area contributed by atoms with Gasteiger partial charge in [-0.05, 0) is 37.6 Å². The van der Waals surface area contributed by atoms with Crippen LogP contribution < -0.4 is 26.4 Å². The SMILES string of the molecule is CCN(CCn1cc[n+](C)c1)c1ccc(N=Nc2nccn2C)c(C)c1.[Br-]. The van der Waals surface area contributed by atoms with Gasteiger partial charge in [-0.2, -0.15) is 0 Å². The zero-order valence-electron chi connectivity index (χ0n) is 16.2. The third kappa shape index (κ3) is 5.26. The summed E-state index contributed by atoms with van der Waals surface area (Å²) in [4.78, 5) is 6.53. The molecule has 27 heavy (non-hydrogen) atoms. The average Bonchev–Trinajstić information content (AvgIpc) is 3.23. The lowest BCUT2D eigenvalue weighted by molar-refractivity contribution is -0.671. The molecule has 2 heterocycles. The third-order valence-electron chi connectivity index (χ3n) is 4.42. The maximum Gasteiger partial charge on any atom is 0.249 e. The van der Waals surface area contributed by atoms with E-state index >= 15 is 0 Å². The largest absolute Gasteiger partial charge is 1.00 e. The first-order valence-corrected chi connectivity index (χ1v) is 8.82. The number of likely N-dealkylation sites (N-methyl/N-ethyl adjacent to an activating group) is 1. The lowest BCUT2D eigenvalue weighted by Gasteiger charge is -2.22. The van der Waals surface area contributed by atoms with Gasteiger partial charge in [0.2, 0.25) is 12.3 Å². The van der Waals surface area contributed by atoms with Crippen LogP contribution in [0, 0.1) is 6.92 Å². The summed E-state index contributed by atoms with van der Waals surface area (Å²) in [6.07, 6.45) is 9.82. The summed E-state index contributed by atoms with van der Waals surface area (Å²) < 4.78 is 6.10. The molecule has 0 N–H and O–H groups in total. The van der Waals surface area contributed by atoms with E-state index in [1.807, 2.05) is 30.9 Å². The number of nitrogens with zero attached hydrogens (tertiary/aromatic N) is 7. The van der Waals surface area contributed by atoms with Crippen molar-refractivity contribution < 1.29 is 21.5 Å². The number of imidazole rings is 2. The fourth-order valence-electron chi connectivity index (χ4n) is 2.84. The van der Waals surface area contributed by atoms with Crippen molar-refractivity contribution in [3.8, 4) is 0 Å². The Morgan fingerprint density at radius 1 is 1.22 bits per heavy atom. The van der Waals surface area contributed by atoms with E-state index in [0.717, 1.165) is 30.9 Å². The van der Waals surface area contributed by atoms with Crippen LogP contribution in [-0.4, -0.2) is 27.2 Å². The summed E-state index contributed by atoms with van der Waals surface area (Å²) >= 11 is 0. The molecule has 0 aliphatic heterocycles. The summed E-state index contributed by atoms with van der Waals surface area (Å²) in [5.41, 5.74) is 3.17. The molecule has 0 bridgehead atoms. The van der Waals surface area contributed by atoms with E-state index in [1.165, 1.54) is 5.69 Å². The van der Waals surface area contributed by atoms with Crippen LogP contribution in [0.3, 0.4) is 0 Å². The lowest BCUT2D eigenvalue weighted by atomic mass is 10.1.